The zero-order valence-corrected chi connectivity index (χ0v) is 11.8. The van der Waals surface area contributed by atoms with Crippen molar-refractivity contribution in [2.45, 2.75) is 19.6 Å². The minimum atomic E-state index is -0.591. The molecule has 2 aromatic carbocycles. The van der Waals surface area contributed by atoms with E-state index in [0.717, 1.165) is 11.1 Å². The Hall–Kier alpha value is -2.24. The topological polar surface area (TPSA) is 75.4 Å². The molecule has 1 atom stereocenters. The Kier molecular flexibility index (Phi) is 5.03. The third-order valence-corrected chi connectivity index (χ3v) is 3.32. The van der Waals surface area contributed by atoms with E-state index >= 15 is 0 Å². The van der Waals surface area contributed by atoms with E-state index in [0.29, 0.717) is 18.7 Å². The number of benzene rings is 2. The van der Waals surface area contributed by atoms with E-state index in [4.69, 9.17) is 0 Å². The largest absolute Gasteiger partial charge is 0.387 e. The molecule has 0 radical (unpaired) electrons. The van der Waals surface area contributed by atoms with Gasteiger partial charge in [-0.1, -0.05) is 42.5 Å². The van der Waals surface area contributed by atoms with Crippen molar-refractivity contribution in [3.63, 3.8) is 0 Å². The number of aliphatic hydroxyl groups is 1. The van der Waals surface area contributed by atoms with Crippen LogP contribution in [0, 0.1) is 17.0 Å². The van der Waals surface area contributed by atoms with E-state index in [1.165, 1.54) is 0 Å². The number of nitro benzene ring substituents is 1. The molecule has 0 heterocycles. The summed E-state index contributed by atoms with van der Waals surface area (Å²) < 4.78 is 0. The first kappa shape index (κ1) is 15.2. The standard InChI is InChI=1S/C16H18N2O3/c1-12-7-8-13(9-15(12)18(20)21)10-17-11-16(19)14-5-3-2-4-6-14/h2-9,16-17,19H,10-11H2,1H3. The van der Waals surface area contributed by atoms with Gasteiger partial charge in [-0.25, -0.2) is 0 Å². The molecule has 0 aliphatic heterocycles. The van der Waals surface area contributed by atoms with Gasteiger partial charge in [0.05, 0.1) is 11.0 Å². The number of nitrogens with zero attached hydrogens (tertiary/aromatic N) is 1. The Morgan fingerprint density at radius 2 is 1.95 bits per heavy atom. The van der Waals surface area contributed by atoms with Gasteiger partial charge in [0.1, 0.15) is 0 Å². The molecule has 5 nitrogen and oxygen atoms in total. The van der Waals surface area contributed by atoms with Crippen LogP contribution in [0.25, 0.3) is 0 Å². The van der Waals surface area contributed by atoms with Gasteiger partial charge >= 0.3 is 0 Å². The number of aliphatic hydroxyl groups excluding tert-OH is 1. The summed E-state index contributed by atoms with van der Waals surface area (Å²) in [5.74, 6) is 0. The van der Waals surface area contributed by atoms with E-state index < -0.39 is 6.10 Å². The molecule has 0 amide bonds. The van der Waals surface area contributed by atoms with Crippen LogP contribution < -0.4 is 5.32 Å². The zero-order chi connectivity index (χ0) is 15.2. The number of nitrogens with one attached hydrogen (secondary N) is 1. The Bertz CT molecular complexity index is 614. The average molecular weight is 286 g/mol. The normalized spacial score (nSPS) is 12.1. The first-order valence-corrected chi connectivity index (χ1v) is 6.75. The second kappa shape index (κ2) is 6.97. The highest BCUT2D eigenvalue weighted by Gasteiger charge is 2.11. The van der Waals surface area contributed by atoms with Gasteiger partial charge in [0.25, 0.3) is 5.69 Å². The van der Waals surface area contributed by atoms with Crippen LogP contribution in [0.4, 0.5) is 5.69 Å². The van der Waals surface area contributed by atoms with Crippen LogP contribution in [0.15, 0.2) is 48.5 Å². The monoisotopic (exact) mass is 286 g/mol. The lowest BCUT2D eigenvalue weighted by atomic mass is 10.1. The van der Waals surface area contributed by atoms with Crippen LogP contribution in [-0.4, -0.2) is 16.6 Å². The van der Waals surface area contributed by atoms with Gasteiger partial charge in [-0.2, -0.15) is 0 Å². The molecule has 0 bridgehead atoms. The predicted octanol–water partition coefficient (Wildman–Crippen LogP) is 2.73. The molecule has 0 aliphatic rings. The van der Waals surface area contributed by atoms with Crippen molar-refractivity contribution < 1.29 is 10.0 Å². The van der Waals surface area contributed by atoms with Crippen LogP contribution in [0.2, 0.25) is 0 Å². The van der Waals surface area contributed by atoms with Gasteiger partial charge in [-0.3, -0.25) is 10.1 Å². The van der Waals surface area contributed by atoms with Crippen molar-refractivity contribution in [2.75, 3.05) is 6.54 Å². The van der Waals surface area contributed by atoms with Crippen LogP contribution >= 0.6 is 0 Å². The summed E-state index contributed by atoms with van der Waals surface area (Å²) in [4.78, 5) is 10.5. The highest BCUT2D eigenvalue weighted by Crippen LogP contribution is 2.19. The lowest BCUT2D eigenvalue weighted by molar-refractivity contribution is -0.385. The first-order valence-electron chi connectivity index (χ1n) is 6.75. The molecule has 0 saturated carbocycles. The third kappa shape index (κ3) is 4.11. The second-order valence-corrected chi connectivity index (χ2v) is 4.94. The highest BCUT2D eigenvalue weighted by molar-refractivity contribution is 5.42. The van der Waals surface area contributed by atoms with Crippen molar-refractivity contribution in [2.24, 2.45) is 0 Å². The Balaban J connectivity index is 1.92. The number of aryl methyl sites for hydroxylation is 1. The first-order chi connectivity index (χ1) is 10.1. The van der Waals surface area contributed by atoms with E-state index in [1.54, 1.807) is 19.1 Å². The molecular formula is C16H18N2O3. The summed E-state index contributed by atoms with van der Waals surface area (Å²) in [5, 5.41) is 24.0. The van der Waals surface area contributed by atoms with E-state index in [-0.39, 0.29) is 10.6 Å². The molecule has 5 heteroatoms. The van der Waals surface area contributed by atoms with Crippen LogP contribution in [0.3, 0.4) is 0 Å². The fraction of sp³-hybridized carbons (Fsp3) is 0.250. The fourth-order valence-electron chi connectivity index (χ4n) is 2.11. The Labute approximate surface area is 123 Å². The fourth-order valence-corrected chi connectivity index (χ4v) is 2.11. The maximum Gasteiger partial charge on any atom is 0.272 e. The smallest absolute Gasteiger partial charge is 0.272 e. The van der Waals surface area contributed by atoms with E-state index in [9.17, 15) is 15.2 Å². The number of hydrogen-bond acceptors (Lipinski definition) is 4. The summed E-state index contributed by atoms with van der Waals surface area (Å²) in [6, 6.07) is 14.5. The lowest BCUT2D eigenvalue weighted by Gasteiger charge is -2.12. The van der Waals surface area contributed by atoms with Crippen molar-refractivity contribution in [3.8, 4) is 0 Å². The van der Waals surface area contributed by atoms with Crippen molar-refractivity contribution in [1.82, 2.24) is 5.32 Å². The summed E-state index contributed by atoms with van der Waals surface area (Å²) in [6.07, 6.45) is -0.591. The quantitative estimate of drug-likeness (QED) is 0.632. The molecule has 0 aliphatic carbocycles. The molecule has 2 N–H and O–H groups in total. The van der Waals surface area contributed by atoms with Gasteiger partial charge < -0.3 is 10.4 Å². The van der Waals surface area contributed by atoms with E-state index in [1.807, 2.05) is 36.4 Å². The molecule has 0 spiro atoms. The number of nitro groups is 1. The molecular weight excluding hydrogens is 268 g/mol. The maximum absolute atomic E-state index is 10.9. The number of hydrogen-bond donors (Lipinski definition) is 2. The molecule has 21 heavy (non-hydrogen) atoms. The maximum atomic E-state index is 10.9. The van der Waals surface area contributed by atoms with Crippen molar-refractivity contribution >= 4 is 5.69 Å². The Morgan fingerprint density at radius 3 is 2.62 bits per heavy atom. The van der Waals surface area contributed by atoms with Gasteiger partial charge in [0.15, 0.2) is 0 Å². The molecule has 0 fully saturated rings. The molecule has 110 valence electrons. The highest BCUT2D eigenvalue weighted by atomic mass is 16.6. The SMILES string of the molecule is Cc1ccc(CNCC(O)c2ccccc2)cc1[N+](=O)[O-]. The van der Waals surface area contributed by atoms with Gasteiger partial charge in [0, 0.05) is 24.7 Å². The predicted molar refractivity (Wildman–Crippen MR) is 80.9 cm³/mol. The number of rotatable bonds is 6. The molecule has 0 saturated heterocycles. The van der Waals surface area contributed by atoms with Crippen molar-refractivity contribution in [3.05, 3.63) is 75.3 Å². The summed E-state index contributed by atoms with van der Waals surface area (Å²) in [5.41, 5.74) is 2.44. The average Bonchev–Trinajstić information content (AvgIpc) is 2.49. The third-order valence-electron chi connectivity index (χ3n) is 3.32. The van der Waals surface area contributed by atoms with Gasteiger partial charge in [-0.05, 0) is 18.1 Å². The zero-order valence-electron chi connectivity index (χ0n) is 11.8. The summed E-state index contributed by atoms with van der Waals surface area (Å²) in [7, 11) is 0. The van der Waals surface area contributed by atoms with Crippen LogP contribution in [0.5, 0.6) is 0 Å². The molecule has 2 aromatic rings. The summed E-state index contributed by atoms with van der Waals surface area (Å²) >= 11 is 0. The summed E-state index contributed by atoms with van der Waals surface area (Å²) in [6.45, 7) is 2.59. The molecule has 1 unspecified atom stereocenters. The Morgan fingerprint density at radius 1 is 1.24 bits per heavy atom. The van der Waals surface area contributed by atoms with Gasteiger partial charge in [0.2, 0.25) is 0 Å². The molecule has 2 rings (SSSR count). The van der Waals surface area contributed by atoms with Crippen LogP contribution in [-0.2, 0) is 6.54 Å². The molecule has 0 aromatic heterocycles. The van der Waals surface area contributed by atoms with Gasteiger partial charge in [-0.15, -0.1) is 0 Å². The second-order valence-electron chi connectivity index (χ2n) is 4.94. The lowest BCUT2D eigenvalue weighted by Crippen LogP contribution is -2.21. The minimum absolute atomic E-state index is 0.123. The minimum Gasteiger partial charge on any atom is -0.387 e. The van der Waals surface area contributed by atoms with E-state index in [2.05, 4.69) is 5.32 Å². The van der Waals surface area contributed by atoms with Crippen LogP contribution in [0.1, 0.15) is 22.8 Å². The van der Waals surface area contributed by atoms with Crippen molar-refractivity contribution in [1.29, 1.82) is 0 Å².